The van der Waals surface area contributed by atoms with Crippen molar-refractivity contribution in [1.29, 1.82) is 0 Å². The molecule has 0 aromatic rings. The Morgan fingerprint density at radius 3 is 1.31 bits per heavy atom. The van der Waals surface area contributed by atoms with Gasteiger partial charge in [0.25, 0.3) is 0 Å². The molecule has 0 rings (SSSR count). The predicted molar refractivity (Wildman–Crippen MR) is 100 cm³/mol. The fourth-order valence-electron chi connectivity index (χ4n) is 2.05. The van der Waals surface area contributed by atoms with Gasteiger partial charge in [0.1, 0.15) is 0 Å². The van der Waals surface area contributed by atoms with E-state index in [0.717, 1.165) is 12.8 Å². The molecule has 8 nitrogen and oxygen atoms in total. The van der Waals surface area contributed by atoms with Crippen molar-refractivity contribution in [1.82, 2.24) is 0 Å². The summed E-state index contributed by atoms with van der Waals surface area (Å²) in [6.07, 6.45) is 11.9. The molecule has 160 valence electrons. The molecule has 0 aromatic carbocycles. The zero-order chi connectivity index (χ0) is 20.3. The number of unbranched alkanes of at least 4 members (excludes halogenated alkanes) is 9. The molecule has 5 N–H and O–H groups in total. The van der Waals surface area contributed by atoms with Gasteiger partial charge in [0.05, 0.1) is 38.4 Å². The lowest BCUT2D eigenvalue weighted by Gasteiger charge is -2.23. The second-order valence-electron chi connectivity index (χ2n) is 6.56. The van der Waals surface area contributed by atoms with E-state index in [1.54, 1.807) is 0 Å². The molecule has 0 aliphatic heterocycles. The van der Waals surface area contributed by atoms with Gasteiger partial charge in [-0.2, -0.15) is 8.42 Å². The third kappa shape index (κ3) is 18.5. The Balaban J connectivity index is 0. The van der Waals surface area contributed by atoms with Crippen LogP contribution in [0.2, 0.25) is 0 Å². The van der Waals surface area contributed by atoms with E-state index >= 15 is 0 Å². The molecule has 0 aliphatic rings. The first kappa shape index (κ1) is 27.9. The molecule has 0 unspecified atom stereocenters. The van der Waals surface area contributed by atoms with Gasteiger partial charge in [0.15, 0.2) is 0 Å². The van der Waals surface area contributed by atoms with Crippen LogP contribution in [0.25, 0.3) is 0 Å². The normalized spacial score (nSPS) is 11.9. The molecular formula is C17H38O8S. The van der Waals surface area contributed by atoms with Crippen LogP contribution < -0.4 is 0 Å². The largest absolute Gasteiger partial charge is 0.397 e. The van der Waals surface area contributed by atoms with E-state index in [2.05, 4.69) is 11.1 Å². The summed E-state index contributed by atoms with van der Waals surface area (Å²) in [6.45, 7) is 0.685. The van der Waals surface area contributed by atoms with E-state index in [-0.39, 0.29) is 6.61 Å². The summed E-state index contributed by atoms with van der Waals surface area (Å²) in [5, 5.41) is 34.0. The van der Waals surface area contributed by atoms with Gasteiger partial charge < -0.3 is 20.4 Å². The Kier molecular flexibility index (Phi) is 19.4. The quantitative estimate of drug-likeness (QED) is 0.194. The zero-order valence-electron chi connectivity index (χ0n) is 16.0. The lowest BCUT2D eigenvalue weighted by atomic mass is 9.93. The molecule has 0 radical (unpaired) electrons. The van der Waals surface area contributed by atoms with Crippen molar-refractivity contribution >= 4 is 10.4 Å². The van der Waals surface area contributed by atoms with E-state index in [4.69, 9.17) is 25.0 Å². The molecule has 0 saturated carbocycles. The fourth-order valence-corrected chi connectivity index (χ4v) is 2.38. The van der Waals surface area contributed by atoms with Crippen molar-refractivity contribution in [2.24, 2.45) is 5.41 Å². The number of hydrogen-bond donors (Lipinski definition) is 5. The minimum Gasteiger partial charge on any atom is -0.396 e. The highest BCUT2D eigenvalue weighted by Gasteiger charge is 2.26. The van der Waals surface area contributed by atoms with E-state index in [1.165, 1.54) is 44.9 Å². The first-order chi connectivity index (χ1) is 12.3. The summed E-state index contributed by atoms with van der Waals surface area (Å²) < 4.78 is 33.0. The lowest BCUT2D eigenvalue weighted by molar-refractivity contribution is -0.0328. The average Bonchev–Trinajstić information content (AvgIpc) is 2.62. The van der Waals surface area contributed by atoms with Crippen LogP contribution in [0.4, 0.5) is 0 Å². The topological polar surface area (TPSA) is 145 Å². The van der Waals surface area contributed by atoms with Crippen LogP contribution in [0.1, 0.15) is 71.1 Å². The molecule has 0 amide bonds. The maximum absolute atomic E-state index is 10.2. The molecule has 0 bridgehead atoms. The Labute approximate surface area is 158 Å². The number of hydrogen-bond acceptors (Lipinski definition) is 7. The Morgan fingerprint density at radius 1 is 0.692 bits per heavy atom. The van der Waals surface area contributed by atoms with Crippen LogP contribution in [-0.4, -0.2) is 66.4 Å². The first-order valence-electron chi connectivity index (χ1n) is 9.36. The molecule has 0 spiro atoms. The van der Waals surface area contributed by atoms with Crippen LogP contribution in [-0.2, 0) is 14.6 Å². The molecule has 9 heteroatoms. The molecule has 0 saturated heterocycles. The van der Waals surface area contributed by atoms with E-state index in [9.17, 15) is 8.42 Å². The predicted octanol–water partition coefficient (Wildman–Crippen LogP) is 1.67. The summed E-state index contributed by atoms with van der Waals surface area (Å²) in [6, 6.07) is 0. The molecule has 0 aliphatic carbocycles. The van der Waals surface area contributed by atoms with Gasteiger partial charge in [-0.05, 0) is 6.42 Å². The molecular weight excluding hydrogens is 364 g/mol. The highest BCUT2D eigenvalue weighted by atomic mass is 32.3. The van der Waals surface area contributed by atoms with Crippen molar-refractivity contribution in [3.8, 4) is 0 Å². The van der Waals surface area contributed by atoms with Gasteiger partial charge in [0.2, 0.25) is 0 Å². The third-order valence-electron chi connectivity index (χ3n) is 4.07. The van der Waals surface area contributed by atoms with Gasteiger partial charge in [-0.3, -0.25) is 4.55 Å². The van der Waals surface area contributed by atoms with Crippen LogP contribution >= 0.6 is 0 Å². The highest BCUT2D eigenvalue weighted by Crippen LogP contribution is 2.12. The molecule has 26 heavy (non-hydrogen) atoms. The second kappa shape index (κ2) is 18.1. The van der Waals surface area contributed by atoms with Crippen LogP contribution in [0.5, 0.6) is 0 Å². The molecule has 0 fully saturated rings. The highest BCUT2D eigenvalue weighted by molar-refractivity contribution is 7.80. The second-order valence-corrected chi connectivity index (χ2v) is 7.66. The Hall–Kier alpha value is -0.290. The summed E-state index contributed by atoms with van der Waals surface area (Å²) in [4.78, 5) is 0. The first-order valence-corrected chi connectivity index (χ1v) is 10.7. The number of aliphatic hydroxyl groups is 4. The lowest BCUT2D eigenvalue weighted by Crippen LogP contribution is -2.37. The third-order valence-corrected chi connectivity index (χ3v) is 4.54. The summed E-state index contributed by atoms with van der Waals surface area (Å²) in [7, 11) is -4.23. The zero-order valence-corrected chi connectivity index (χ0v) is 16.8. The minimum absolute atomic E-state index is 0.0926. The van der Waals surface area contributed by atoms with Crippen molar-refractivity contribution in [2.45, 2.75) is 71.1 Å². The van der Waals surface area contributed by atoms with Crippen molar-refractivity contribution in [2.75, 3.05) is 33.0 Å². The smallest absolute Gasteiger partial charge is 0.396 e. The van der Waals surface area contributed by atoms with Crippen LogP contribution in [0, 0.1) is 5.41 Å². The Bertz CT molecular complexity index is 365. The van der Waals surface area contributed by atoms with Crippen LogP contribution in [0.15, 0.2) is 0 Å². The van der Waals surface area contributed by atoms with E-state index in [0.29, 0.717) is 6.42 Å². The van der Waals surface area contributed by atoms with E-state index < -0.39 is 42.2 Å². The Morgan fingerprint density at radius 2 is 1.04 bits per heavy atom. The van der Waals surface area contributed by atoms with Gasteiger partial charge in [-0.15, -0.1) is 0 Å². The summed E-state index contributed by atoms with van der Waals surface area (Å²) in [5.74, 6) is 0. The monoisotopic (exact) mass is 402 g/mol. The van der Waals surface area contributed by atoms with Crippen molar-refractivity contribution in [3.63, 3.8) is 0 Å². The van der Waals surface area contributed by atoms with Crippen molar-refractivity contribution < 1.29 is 37.6 Å². The average molecular weight is 403 g/mol. The van der Waals surface area contributed by atoms with Gasteiger partial charge >= 0.3 is 10.4 Å². The maximum Gasteiger partial charge on any atom is 0.397 e. The van der Waals surface area contributed by atoms with Crippen LogP contribution in [0.3, 0.4) is 0 Å². The SMILES string of the molecule is CCCCCCCCCCCCOS(=O)(=O)O.OCC(CO)(CO)CO. The summed E-state index contributed by atoms with van der Waals surface area (Å²) in [5.41, 5.74) is -1.11. The summed E-state index contributed by atoms with van der Waals surface area (Å²) >= 11 is 0. The minimum atomic E-state index is -4.23. The molecule has 0 atom stereocenters. The van der Waals surface area contributed by atoms with Gasteiger partial charge in [0, 0.05) is 0 Å². The maximum atomic E-state index is 10.2. The number of aliphatic hydroxyl groups excluding tert-OH is 4. The van der Waals surface area contributed by atoms with E-state index in [1.807, 2.05) is 0 Å². The van der Waals surface area contributed by atoms with Crippen molar-refractivity contribution in [3.05, 3.63) is 0 Å². The fraction of sp³-hybridized carbons (Fsp3) is 1.00. The molecule has 0 aromatic heterocycles. The molecule has 0 heterocycles. The number of rotatable bonds is 16. The van der Waals surface area contributed by atoms with Gasteiger partial charge in [-0.1, -0.05) is 64.7 Å². The van der Waals surface area contributed by atoms with Gasteiger partial charge in [-0.25, -0.2) is 4.18 Å². The standard InChI is InChI=1S/C12H26O4S.C5H12O4/c1-2-3-4-5-6-7-8-9-10-11-12-16-17(13,14)15;6-1-5(2-7,3-8)4-9/h2-12H2,1H3,(H,13,14,15);6-9H,1-4H2.